The Balaban J connectivity index is 2.74. The van der Waals surface area contributed by atoms with Crippen molar-refractivity contribution in [1.82, 2.24) is 0 Å². The summed E-state index contributed by atoms with van der Waals surface area (Å²) in [5, 5.41) is 9.24. The fourth-order valence-corrected chi connectivity index (χ4v) is 1.50. The van der Waals surface area contributed by atoms with Gasteiger partial charge in [0, 0.05) is 6.42 Å². The molecule has 1 N–H and O–H groups in total. The van der Waals surface area contributed by atoms with Crippen molar-refractivity contribution >= 4 is 5.97 Å². The third-order valence-electron chi connectivity index (χ3n) is 2.57. The number of carboxylic acids is 1. The molecule has 0 amide bonds. The Bertz CT molecular complexity index is 384. The number of allylic oxidation sites excluding steroid dienone is 1. The summed E-state index contributed by atoms with van der Waals surface area (Å²) in [6.45, 7) is 3.79. The normalized spacial score (nSPS) is 14.7. The van der Waals surface area contributed by atoms with Crippen LogP contribution >= 0.6 is 0 Å². The van der Waals surface area contributed by atoms with Gasteiger partial charge in [0.1, 0.15) is 0 Å². The molecule has 0 radical (unpaired) electrons. The molecule has 17 heavy (non-hydrogen) atoms. The SMILES string of the molecule is CC=CCOC(C)(Cc1ccccc1)C(=O)O. The number of aliphatic carboxylic acids is 1. The van der Waals surface area contributed by atoms with Crippen molar-refractivity contribution in [1.29, 1.82) is 0 Å². The molecule has 0 bridgehead atoms. The van der Waals surface area contributed by atoms with Crippen LogP contribution in [0.2, 0.25) is 0 Å². The molecule has 1 unspecified atom stereocenters. The van der Waals surface area contributed by atoms with E-state index in [-0.39, 0.29) is 0 Å². The largest absolute Gasteiger partial charge is 0.479 e. The maximum absolute atomic E-state index is 11.3. The predicted molar refractivity (Wildman–Crippen MR) is 67.0 cm³/mol. The van der Waals surface area contributed by atoms with E-state index < -0.39 is 11.6 Å². The van der Waals surface area contributed by atoms with Gasteiger partial charge in [0.05, 0.1) is 6.61 Å². The summed E-state index contributed by atoms with van der Waals surface area (Å²) in [6, 6.07) is 9.50. The van der Waals surface area contributed by atoms with Crippen LogP contribution in [0.4, 0.5) is 0 Å². The van der Waals surface area contributed by atoms with Gasteiger partial charge in [-0.1, -0.05) is 42.5 Å². The van der Waals surface area contributed by atoms with Crippen LogP contribution in [0.1, 0.15) is 19.4 Å². The van der Waals surface area contributed by atoms with Gasteiger partial charge in [-0.2, -0.15) is 0 Å². The summed E-state index contributed by atoms with van der Waals surface area (Å²) in [5.74, 6) is -0.939. The van der Waals surface area contributed by atoms with Gasteiger partial charge in [-0.3, -0.25) is 0 Å². The highest BCUT2D eigenvalue weighted by atomic mass is 16.5. The maximum Gasteiger partial charge on any atom is 0.336 e. The highest BCUT2D eigenvalue weighted by Crippen LogP contribution is 2.18. The molecule has 1 aromatic rings. The first-order chi connectivity index (χ1) is 8.08. The summed E-state index contributed by atoms with van der Waals surface area (Å²) >= 11 is 0. The molecule has 0 saturated carbocycles. The van der Waals surface area contributed by atoms with Gasteiger partial charge in [0.25, 0.3) is 0 Å². The molecule has 0 aliphatic carbocycles. The number of benzene rings is 1. The number of carbonyl (C=O) groups is 1. The average Bonchev–Trinajstić information content (AvgIpc) is 2.30. The molecule has 1 atom stereocenters. The highest BCUT2D eigenvalue weighted by Gasteiger charge is 2.34. The van der Waals surface area contributed by atoms with Crippen LogP contribution in [0.3, 0.4) is 0 Å². The molecule has 0 heterocycles. The lowest BCUT2D eigenvalue weighted by Gasteiger charge is -2.24. The van der Waals surface area contributed by atoms with E-state index in [4.69, 9.17) is 4.74 Å². The first-order valence-electron chi connectivity index (χ1n) is 5.61. The molecule has 1 aromatic carbocycles. The van der Waals surface area contributed by atoms with Gasteiger partial charge in [0.2, 0.25) is 0 Å². The second-order valence-electron chi connectivity index (χ2n) is 4.08. The average molecular weight is 234 g/mol. The second-order valence-corrected chi connectivity index (χ2v) is 4.08. The first kappa shape index (κ1) is 13.5. The zero-order valence-electron chi connectivity index (χ0n) is 10.2. The monoisotopic (exact) mass is 234 g/mol. The molecular weight excluding hydrogens is 216 g/mol. The summed E-state index contributed by atoms with van der Waals surface area (Å²) < 4.78 is 5.45. The Labute approximate surface area is 102 Å². The molecule has 3 heteroatoms. The van der Waals surface area contributed by atoms with Gasteiger partial charge in [0.15, 0.2) is 5.60 Å². The van der Waals surface area contributed by atoms with Crippen LogP contribution in [0.25, 0.3) is 0 Å². The van der Waals surface area contributed by atoms with Crippen LogP contribution in [-0.2, 0) is 16.0 Å². The molecule has 0 fully saturated rings. The van der Waals surface area contributed by atoms with Gasteiger partial charge >= 0.3 is 5.97 Å². The van der Waals surface area contributed by atoms with Crippen LogP contribution < -0.4 is 0 Å². The van der Waals surface area contributed by atoms with Crippen LogP contribution in [-0.4, -0.2) is 23.3 Å². The minimum absolute atomic E-state index is 0.312. The smallest absolute Gasteiger partial charge is 0.336 e. The van der Waals surface area contributed by atoms with E-state index in [1.54, 1.807) is 13.0 Å². The number of ether oxygens (including phenoxy) is 1. The molecule has 1 rings (SSSR count). The molecule has 0 spiro atoms. The topological polar surface area (TPSA) is 46.5 Å². The molecule has 0 aliphatic heterocycles. The Morgan fingerprint density at radius 2 is 2.06 bits per heavy atom. The van der Waals surface area contributed by atoms with Crippen molar-refractivity contribution in [2.24, 2.45) is 0 Å². The van der Waals surface area contributed by atoms with E-state index in [2.05, 4.69) is 0 Å². The van der Waals surface area contributed by atoms with E-state index in [1.807, 2.05) is 43.3 Å². The fraction of sp³-hybridized carbons (Fsp3) is 0.357. The van der Waals surface area contributed by atoms with Crippen LogP contribution in [0.5, 0.6) is 0 Å². The maximum atomic E-state index is 11.3. The zero-order valence-corrected chi connectivity index (χ0v) is 10.2. The quantitative estimate of drug-likeness (QED) is 0.770. The van der Waals surface area contributed by atoms with Crippen molar-refractivity contribution < 1.29 is 14.6 Å². The third kappa shape index (κ3) is 4.04. The van der Waals surface area contributed by atoms with Crippen molar-refractivity contribution in [2.75, 3.05) is 6.61 Å². The van der Waals surface area contributed by atoms with E-state index in [1.165, 1.54) is 0 Å². The number of hydrogen-bond acceptors (Lipinski definition) is 2. The van der Waals surface area contributed by atoms with Crippen molar-refractivity contribution in [3.05, 3.63) is 48.0 Å². The minimum atomic E-state index is -1.18. The molecule has 92 valence electrons. The van der Waals surface area contributed by atoms with Gasteiger partial charge in [-0.15, -0.1) is 0 Å². The number of rotatable bonds is 6. The summed E-state index contributed by atoms with van der Waals surface area (Å²) in [4.78, 5) is 11.3. The lowest BCUT2D eigenvalue weighted by Crippen LogP contribution is -2.40. The fourth-order valence-electron chi connectivity index (χ4n) is 1.50. The van der Waals surface area contributed by atoms with Crippen molar-refractivity contribution in [3.63, 3.8) is 0 Å². The molecule has 3 nitrogen and oxygen atoms in total. The third-order valence-corrected chi connectivity index (χ3v) is 2.57. The lowest BCUT2D eigenvalue weighted by atomic mass is 9.96. The standard InChI is InChI=1S/C14H18O3/c1-3-4-10-17-14(2,13(15)16)11-12-8-6-5-7-9-12/h3-9H,10-11H2,1-2H3,(H,15,16). The van der Waals surface area contributed by atoms with E-state index in [0.717, 1.165) is 5.56 Å². The second kappa shape index (κ2) is 6.21. The Morgan fingerprint density at radius 3 is 2.59 bits per heavy atom. The minimum Gasteiger partial charge on any atom is -0.479 e. The van der Waals surface area contributed by atoms with E-state index in [9.17, 15) is 9.90 Å². The zero-order chi connectivity index (χ0) is 12.7. The summed E-state index contributed by atoms with van der Waals surface area (Å²) in [6.07, 6.45) is 4.00. The number of carboxylic acid groups (broad SMARTS) is 1. The molecule has 0 aliphatic rings. The van der Waals surface area contributed by atoms with E-state index in [0.29, 0.717) is 13.0 Å². The highest BCUT2D eigenvalue weighted by molar-refractivity contribution is 5.77. The lowest BCUT2D eigenvalue weighted by molar-refractivity contribution is -0.162. The number of hydrogen-bond donors (Lipinski definition) is 1. The van der Waals surface area contributed by atoms with Crippen molar-refractivity contribution in [3.8, 4) is 0 Å². The Morgan fingerprint density at radius 1 is 1.41 bits per heavy atom. The summed E-state index contributed by atoms with van der Waals surface area (Å²) in [7, 11) is 0. The van der Waals surface area contributed by atoms with E-state index >= 15 is 0 Å². The van der Waals surface area contributed by atoms with Crippen LogP contribution in [0, 0.1) is 0 Å². The molecule has 0 saturated heterocycles. The van der Waals surface area contributed by atoms with Gasteiger partial charge in [-0.25, -0.2) is 4.79 Å². The van der Waals surface area contributed by atoms with Gasteiger partial charge < -0.3 is 9.84 Å². The Hall–Kier alpha value is -1.61. The van der Waals surface area contributed by atoms with Crippen molar-refractivity contribution in [2.45, 2.75) is 25.9 Å². The first-order valence-corrected chi connectivity index (χ1v) is 5.61. The predicted octanol–water partition coefficient (Wildman–Crippen LogP) is 2.67. The summed E-state index contributed by atoms with van der Waals surface area (Å²) in [5.41, 5.74) is -0.223. The molecular formula is C14H18O3. The molecule has 0 aromatic heterocycles. The van der Waals surface area contributed by atoms with Gasteiger partial charge in [-0.05, 0) is 19.4 Å². The Kier molecular flexibility index (Phi) is 4.91. The van der Waals surface area contributed by atoms with Crippen LogP contribution in [0.15, 0.2) is 42.5 Å².